The first-order chi connectivity index (χ1) is 15.0. The quantitative estimate of drug-likeness (QED) is 0.664. The fourth-order valence-corrected chi connectivity index (χ4v) is 4.48. The number of hydrogen-bond donors (Lipinski definition) is 2. The molecule has 0 radical (unpaired) electrons. The second-order valence-corrected chi connectivity index (χ2v) is 7.52. The van der Waals surface area contributed by atoms with E-state index in [2.05, 4.69) is 10.4 Å². The normalized spacial score (nSPS) is 19.2. The van der Waals surface area contributed by atoms with Crippen molar-refractivity contribution in [3.05, 3.63) is 65.9 Å². The number of nitrogens with zero attached hydrogens (tertiary/aromatic N) is 3. The molecule has 5 rings (SSSR count). The van der Waals surface area contributed by atoms with Gasteiger partial charge < -0.3 is 20.7 Å². The second kappa shape index (κ2) is 6.69. The molecular weight excluding hydrogens is 398 g/mol. The Morgan fingerprint density at radius 2 is 1.90 bits per heavy atom. The van der Waals surface area contributed by atoms with Crippen LogP contribution >= 0.6 is 0 Å². The molecule has 2 aromatic carbocycles. The first-order valence-electron chi connectivity index (χ1n) is 9.68. The number of fused-ring (bicyclic) bond motifs is 4. The van der Waals surface area contributed by atoms with Crippen LogP contribution in [0.4, 0.5) is 11.5 Å². The van der Waals surface area contributed by atoms with Gasteiger partial charge in [-0.15, -0.1) is 0 Å². The van der Waals surface area contributed by atoms with Crippen molar-refractivity contribution in [3.63, 3.8) is 0 Å². The van der Waals surface area contributed by atoms with E-state index in [4.69, 9.17) is 10.5 Å². The lowest BCUT2D eigenvalue weighted by molar-refractivity contribution is -0.127. The first-order valence-corrected chi connectivity index (χ1v) is 9.68. The molecule has 3 amide bonds. The monoisotopic (exact) mass is 417 g/mol. The highest BCUT2D eigenvalue weighted by atomic mass is 16.5. The predicted octanol–water partition coefficient (Wildman–Crippen LogP) is 1.34. The Kier molecular flexibility index (Phi) is 4.07. The number of anilines is 2. The minimum Gasteiger partial charge on any atom is -0.497 e. The number of hydrogen-bond acceptors (Lipinski definition) is 5. The summed E-state index contributed by atoms with van der Waals surface area (Å²) in [5.41, 5.74) is 6.64. The largest absolute Gasteiger partial charge is 0.497 e. The molecule has 0 bridgehead atoms. The van der Waals surface area contributed by atoms with Gasteiger partial charge in [0, 0.05) is 17.7 Å². The minimum atomic E-state index is -1.27. The zero-order valence-corrected chi connectivity index (χ0v) is 16.7. The highest BCUT2D eigenvalue weighted by Crippen LogP contribution is 2.52. The van der Waals surface area contributed by atoms with E-state index in [0.29, 0.717) is 34.1 Å². The van der Waals surface area contributed by atoms with Crippen molar-refractivity contribution in [1.29, 1.82) is 0 Å². The van der Waals surface area contributed by atoms with Crippen LogP contribution in [0, 0.1) is 0 Å². The number of rotatable bonds is 4. The van der Waals surface area contributed by atoms with Gasteiger partial charge >= 0.3 is 0 Å². The molecule has 0 saturated heterocycles. The van der Waals surface area contributed by atoms with Gasteiger partial charge in [-0.05, 0) is 35.9 Å². The molecule has 156 valence electrons. The van der Waals surface area contributed by atoms with Crippen molar-refractivity contribution < 1.29 is 19.1 Å². The molecule has 1 spiro atoms. The molecule has 0 unspecified atom stereocenters. The van der Waals surface area contributed by atoms with Crippen molar-refractivity contribution >= 4 is 29.2 Å². The molecule has 0 saturated carbocycles. The van der Waals surface area contributed by atoms with E-state index in [1.165, 1.54) is 4.90 Å². The first kappa shape index (κ1) is 18.9. The number of nitrogens with one attached hydrogen (secondary N) is 1. The SMILES string of the molecule is COc1ccc(-n2ncc3c2NC(=O)C[C@@]32C(=O)N(CC(N)=O)c3ccccc32)cc1. The molecule has 3 N–H and O–H groups in total. The summed E-state index contributed by atoms with van der Waals surface area (Å²) >= 11 is 0. The van der Waals surface area contributed by atoms with E-state index in [1.807, 2.05) is 18.2 Å². The highest BCUT2D eigenvalue weighted by Gasteiger charge is 2.57. The summed E-state index contributed by atoms with van der Waals surface area (Å²) in [6.07, 6.45) is 1.51. The molecule has 0 aliphatic carbocycles. The highest BCUT2D eigenvalue weighted by molar-refractivity contribution is 6.17. The van der Waals surface area contributed by atoms with E-state index in [-0.39, 0.29) is 24.8 Å². The number of methoxy groups -OCH3 is 1. The molecule has 1 atom stereocenters. The van der Waals surface area contributed by atoms with Gasteiger partial charge in [0.05, 0.1) is 19.0 Å². The van der Waals surface area contributed by atoms with E-state index in [1.54, 1.807) is 48.3 Å². The molecule has 9 heteroatoms. The molecule has 0 fully saturated rings. The number of nitrogens with two attached hydrogens (primary N) is 1. The number of primary amides is 1. The fraction of sp³-hybridized carbons (Fsp3) is 0.182. The molecule has 3 aromatic rings. The number of carbonyl (C=O) groups excluding carboxylic acids is 3. The summed E-state index contributed by atoms with van der Waals surface area (Å²) in [7, 11) is 1.58. The summed E-state index contributed by atoms with van der Waals surface area (Å²) in [5, 5.41) is 7.33. The second-order valence-electron chi connectivity index (χ2n) is 7.52. The van der Waals surface area contributed by atoms with E-state index >= 15 is 0 Å². The van der Waals surface area contributed by atoms with Crippen molar-refractivity contribution in [2.24, 2.45) is 5.73 Å². The number of carbonyl (C=O) groups is 3. The van der Waals surface area contributed by atoms with Gasteiger partial charge in [0.25, 0.3) is 0 Å². The van der Waals surface area contributed by atoms with Crippen LogP contribution in [0.2, 0.25) is 0 Å². The third kappa shape index (κ3) is 2.63. The number of benzene rings is 2. The van der Waals surface area contributed by atoms with E-state index in [9.17, 15) is 14.4 Å². The zero-order chi connectivity index (χ0) is 21.8. The third-order valence-electron chi connectivity index (χ3n) is 5.81. The summed E-state index contributed by atoms with van der Waals surface area (Å²) in [4.78, 5) is 39.5. The number of aromatic nitrogens is 2. The summed E-state index contributed by atoms with van der Waals surface area (Å²) in [6, 6.07) is 14.3. The Hall–Kier alpha value is -4.14. The number of amides is 3. The molecule has 2 aliphatic heterocycles. The Bertz CT molecular complexity index is 1230. The van der Waals surface area contributed by atoms with Crippen LogP contribution in [0.3, 0.4) is 0 Å². The lowest BCUT2D eigenvalue weighted by Crippen LogP contribution is -2.48. The van der Waals surface area contributed by atoms with Crippen LogP contribution in [0.1, 0.15) is 17.5 Å². The molecule has 2 aliphatic rings. The predicted molar refractivity (Wildman–Crippen MR) is 112 cm³/mol. The van der Waals surface area contributed by atoms with Gasteiger partial charge in [0.15, 0.2) is 0 Å². The Balaban J connectivity index is 1.70. The average Bonchev–Trinajstić information content (AvgIpc) is 3.28. The lowest BCUT2D eigenvalue weighted by atomic mass is 9.72. The maximum Gasteiger partial charge on any atom is 0.243 e. The Morgan fingerprint density at radius 3 is 2.61 bits per heavy atom. The summed E-state index contributed by atoms with van der Waals surface area (Å²) < 4.78 is 6.79. The summed E-state index contributed by atoms with van der Waals surface area (Å²) in [5.74, 6) is -0.197. The van der Waals surface area contributed by atoms with Gasteiger partial charge in [0.1, 0.15) is 23.5 Å². The average molecular weight is 417 g/mol. The Morgan fingerprint density at radius 1 is 1.16 bits per heavy atom. The standard InChI is InChI=1S/C22H19N5O4/c1-31-14-8-6-13(7-9-14)27-20-16(11-24-27)22(10-19(29)25-20)15-4-2-3-5-17(15)26(21(22)30)12-18(23)28/h2-9,11H,10,12H2,1H3,(H2,23,28)(H,25,29)/t22-/m0/s1. The van der Waals surface area contributed by atoms with E-state index < -0.39 is 11.3 Å². The van der Waals surface area contributed by atoms with Crippen LogP contribution in [-0.4, -0.2) is 41.2 Å². The molecule has 9 nitrogen and oxygen atoms in total. The van der Waals surface area contributed by atoms with Crippen LogP contribution in [0.15, 0.2) is 54.7 Å². The molecule has 1 aromatic heterocycles. The molecule has 31 heavy (non-hydrogen) atoms. The van der Waals surface area contributed by atoms with Gasteiger partial charge in [-0.2, -0.15) is 5.10 Å². The van der Waals surface area contributed by atoms with Gasteiger partial charge in [-0.3, -0.25) is 14.4 Å². The fourth-order valence-electron chi connectivity index (χ4n) is 4.48. The van der Waals surface area contributed by atoms with E-state index in [0.717, 1.165) is 0 Å². The number of ether oxygens (including phenoxy) is 1. The van der Waals surface area contributed by atoms with Crippen molar-refractivity contribution in [3.8, 4) is 11.4 Å². The van der Waals surface area contributed by atoms with Gasteiger partial charge in [-0.25, -0.2) is 4.68 Å². The smallest absolute Gasteiger partial charge is 0.243 e. The summed E-state index contributed by atoms with van der Waals surface area (Å²) in [6.45, 7) is -0.263. The van der Waals surface area contributed by atoms with Crippen molar-refractivity contribution in [2.45, 2.75) is 11.8 Å². The van der Waals surface area contributed by atoms with Crippen LogP contribution in [0.25, 0.3) is 5.69 Å². The van der Waals surface area contributed by atoms with Crippen molar-refractivity contribution in [1.82, 2.24) is 9.78 Å². The maximum atomic E-state index is 13.7. The zero-order valence-electron chi connectivity index (χ0n) is 16.7. The van der Waals surface area contributed by atoms with Gasteiger partial charge in [-0.1, -0.05) is 18.2 Å². The van der Waals surface area contributed by atoms with Crippen LogP contribution in [-0.2, 0) is 19.8 Å². The minimum absolute atomic E-state index is 0.0839. The topological polar surface area (TPSA) is 120 Å². The van der Waals surface area contributed by atoms with Crippen LogP contribution in [0.5, 0.6) is 5.75 Å². The molecular formula is C22H19N5O4. The third-order valence-corrected chi connectivity index (χ3v) is 5.81. The van der Waals surface area contributed by atoms with Gasteiger partial charge in [0.2, 0.25) is 17.7 Å². The van der Waals surface area contributed by atoms with Crippen molar-refractivity contribution in [2.75, 3.05) is 23.9 Å². The Labute approximate surface area is 177 Å². The lowest BCUT2D eigenvalue weighted by Gasteiger charge is -2.32. The number of para-hydroxylation sites is 1. The molecule has 3 heterocycles. The maximum absolute atomic E-state index is 13.7. The van der Waals surface area contributed by atoms with Crippen LogP contribution < -0.4 is 20.7 Å².